The number of hydrogen-bond acceptors (Lipinski definition) is 4. The molecule has 4 aromatic rings. The minimum absolute atomic E-state index is 0.0244. The average molecular weight is 436 g/mol. The van der Waals surface area contributed by atoms with Gasteiger partial charge < -0.3 is 19.4 Å². The first-order chi connectivity index (χ1) is 15.5. The second-order valence-electron chi connectivity index (χ2n) is 8.17. The molecule has 2 aromatic carbocycles. The van der Waals surface area contributed by atoms with Gasteiger partial charge in [0.25, 0.3) is 5.91 Å². The Balaban J connectivity index is 1.56. The van der Waals surface area contributed by atoms with E-state index >= 15 is 0 Å². The summed E-state index contributed by atoms with van der Waals surface area (Å²) in [6.07, 6.45) is 5.04. The van der Waals surface area contributed by atoms with E-state index in [-0.39, 0.29) is 17.3 Å². The Labute approximate surface area is 184 Å². The van der Waals surface area contributed by atoms with Crippen LogP contribution >= 0.6 is 0 Å². The van der Waals surface area contributed by atoms with Crippen LogP contribution in [0.5, 0.6) is 5.75 Å². The highest BCUT2D eigenvalue weighted by atomic mass is 19.1. The molecule has 0 bridgehead atoms. The third-order valence-electron chi connectivity index (χ3n) is 6.12. The number of benzene rings is 2. The van der Waals surface area contributed by atoms with E-state index in [1.54, 1.807) is 19.4 Å². The molecule has 32 heavy (non-hydrogen) atoms. The predicted octanol–water partition coefficient (Wildman–Crippen LogP) is 3.63. The summed E-state index contributed by atoms with van der Waals surface area (Å²) >= 11 is 0. The van der Waals surface area contributed by atoms with Crippen LogP contribution in [0.4, 0.5) is 4.39 Å². The summed E-state index contributed by atoms with van der Waals surface area (Å²) in [5, 5.41) is 8.64. The van der Waals surface area contributed by atoms with Gasteiger partial charge in [0, 0.05) is 44.4 Å². The molecule has 8 heteroatoms. The molecule has 1 saturated heterocycles. The number of nitrogens with zero attached hydrogens (tertiary/aromatic N) is 3. The number of methoxy groups -OCH3 is 1. The van der Waals surface area contributed by atoms with Crippen molar-refractivity contribution in [2.45, 2.75) is 25.4 Å². The molecule has 0 atom stereocenters. The van der Waals surface area contributed by atoms with Crippen LogP contribution < -0.4 is 10.1 Å². The molecule has 0 saturated carbocycles. The van der Waals surface area contributed by atoms with Crippen LogP contribution in [-0.2, 0) is 18.3 Å². The van der Waals surface area contributed by atoms with E-state index in [0.717, 1.165) is 29.3 Å². The molecule has 0 unspecified atom stereocenters. The van der Waals surface area contributed by atoms with E-state index in [9.17, 15) is 9.18 Å². The van der Waals surface area contributed by atoms with Gasteiger partial charge in [-0.15, -0.1) is 0 Å². The number of ether oxygens (including phenoxy) is 2. The van der Waals surface area contributed by atoms with Crippen molar-refractivity contribution < 1.29 is 18.7 Å². The molecule has 2 aromatic heterocycles. The molecule has 3 heterocycles. The molecular formula is C24H25FN4O3. The van der Waals surface area contributed by atoms with Gasteiger partial charge in [-0.2, -0.15) is 5.10 Å². The fraction of sp³-hybridized carbons (Fsp3) is 0.333. The summed E-state index contributed by atoms with van der Waals surface area (Å²) in [5.74, 6) is -0.205. The summed E-state index contributed by atoms with van der Waals surface area (Å²) in [5.41, 5.74) is 2.93. The first-order valence-corrected chi connectivity index (χ1v) is 10.7. The average Bonchev–Trinajstić information content (AvgIpc) is 3.36. The number of carbonyl (C=O) groups excluding carboxylic acids is 1. The van der Waals surface area contributed by atoms with Gasteiger partial charge in [-0.25, -0.2) is 4.39 Å². The van der Waals surface area contributed by atoms with Crippen LogP contribution in [0, 0.1) is 5.82 Å². The van der Waals surface area contributed by atoms with Crippen molar-refractivity contribution in [2.75, 3.05) is 20.3 Å². The Morgan fingerprint density at radius 3 is 2.88 bits per heavy atom. The fourth-order valence-electron chi connectivity index (χ4n) is 4.45. The monoisotopic (exact) mass is 436 g/mol. The molecule has 0 aliphatic carbocycles. The SMILES string of the molecule is COc1ccc(F)c2c(C(=O)NC3CCOCC3)cn(Cc3ccc4c(cnn4C)c3)c12. The van der Waals surface area contributed by atoms with Gasteiger partial charge in [0.15, 0.2) is 0 Å². The van der Waals surface area contributed by atoms with E-state index in [4.69, 9.17) is 9.47 Å². The van der Waals surface area contributed by atoms with Gasteiger partial charge in [-0.05, 0) is 42.7 Å². The molecule has 166 valence electrons. The van der Waals surface area contributed by atoms with Crippen LogP contribution in [0.25, 0.3) is 21.8 Å². The van der Waals surface area contributed by atoms with Crippen molar-refractivity contribution in [3.8, 4) is 5.75 Å². The van der Waals surface area contributed by atoms with Crippen LogP contribution in [0.1, 0.15) is 28.8 Å². The Morgan fingerprint density at radius 2 is 2.09 bits per heavy atom. The lowest BCUT2D eigenvalue weighted by molar-refractivity contribution is 0.0697. The number of aryl methyl sites for hydroxylation is 1. The van der Waals surface area contributed by atoms with Crippen LogP contribution in [0.2, 0.25) is 0 Å². The second kappa shape index (κ2) is 8.27. The number of carbonyl (C=O) groups is 1. The van der Waals surface area contributed by atoms with E-state index in [0.29, 0.717) is 36.6 Å². The third kappa shape index (κ3) is 3.60. The maximum atomic E-state index is 15.0. The van der Waals surface area contributed by atoms with Crippen molar-refractivity contribution in [3.05, 3.63) is 59.7 Å². The Bertz CT molecular complexity index is 1300. The van der Waals surface area contributed by atoms with E-state index in [1.165, 1.54) is 6.07 Å². The fourth-order valence-corrected chi connectivity index (χ4v) is 4.45. The predicted molar refractivity (Wildman–Crippen MR) is 120 cm³/mol. The lowest BCUT2D eigenvalue weighted by Crippen LogP contribution is -2.38. The molecule has 5 rings (SSSR count). The topological polar surface area (TPSA) is 70.3 Å². The van der Waals surface area contributed by atoms with Gasteiger partial charge in [-0.3, -0.25) is 9.48 Å². The number of fused-ring (bicyclic) bond motifs is 2. The molecule has 7 nitrogen and oxygen atoms in total. The Kier molecular flexibility index (Phi) is 5.30. The zero-order valence-electron chi connectivity index (χ0n) is 18.1. The van der Waals surface area contributed by atoms with Crippen LogP contribution in [0.15, 0.2) is 42.7 Å². The van der Waals surface area contributed by atoms with Gasteiger partial charge in [0.2, 0.25) is 0 Å². The Hall–Kier alpha value is -3.39. The number of nitrogens with one attached hydrogen (secondary N) is 1. The Morgan fingerprint density at radius 1 is 1.28 bits per heavy atom. The first-order valence-electron chi connectivity index (χ1n) is 10.7. The maximum Gasteiger partial charge on any atom is 0.253 e. The van der Waals surface area contributed by atoms with Crippen molar-refractivity contribution >= 4 is 27.7 Å². The van der Waals surface area contributed by atoms with Gasteiger partial charge in [-0.1, -0.05) is 6.07 Å². The number of hydrogen-bond donors (Lipinski definition) is 1. The van der Waals surface area contributed by atoms with Crippen molar-refractivity contribution in [1.82, 2.24) is 19.7 Å². The van der Waals surface area contributed by atoms with Gasteiger partial charge in [0.1, 0.15) is 11.6 Å². The molecule has 1 fully saturated rings. The van der Waals surface area contributed by atoms with Gasteiger partial charge in [0.05, 0.1) is 35.3 Å². The molecule has 1 N–H and O–H groups in total. The summed E-state index contributed by atoms with van der Waals surface area (Å²) in [6, 6.07) is 9.05. The summed E-state index contributed by atoms with van der Waals surface area (Å²) in [4.78, 5) is 13.1. The second-order valence-corrected chi connectivity index (χ2v) is 8.17. The summed E-state index contributed by atoms with van der Waals surface area (Å²) in [6.45, 7) is 1.70. The normalized spacial score (nSPS) is 14.8. The van der Waals surface area contributed by atoms with E-state index in [1.807, 2.05) is 34.6 Å². The highest BCUT2D eigenvalue weighted by molar-refractivity contribution is 6.08. The molecule has 1 aliphatic rings. The minimum Gasteiger partial charge on any atom is -0.495 e. The highest BCUT2D eigenvalue weighted by Crippen LogP contribution is 2.33. The lowest BCUT2D eigenvalue weighted by Gasteiger charge is -2.23. The third-order valence-corrected chi connectivity index (χ3v) is 6.12. The van der Waals surface area contributed by atoms with E-state index < -0.39 is 5.82 Å². The van der Waals surface area contributed by atoms with E-state index in [2.05, 4.69) is 16.5 Å². The van der Waals surface area contributed by atoms with Crippen LogP contribution in [-0.4, -0.2) is 46.6 Å². The quantitative estimate of drug-likeness (QED) is 0.519. The minimum atomic E-state index is -0.445. The number of halogens is 1. The van der Waals surface area contributed by atoms with Crippen molar-refractivity contribution in [2.24, 2.45) is 7.05 Å². The summed E-state index contributed by atoms with van der Waals surface area (Å²) < 4.78 is 29.6. The molecule has 1 amide bonds. The maximum absolute atomic E-state index is 15.0. The number of rotatable bonds is 5. The zero-order chi connectivity index (χ0) is 22.2. The number of amides is 1. The molecule has 0 spiro atoms. The number of aromatic nitrogens is 3. The van der Waals surface area contributed by atoms with Crippen LogP contribution in [0.3, 0.4) is 0 Å². The lowest BCUT2D eigenvalue weighted by atomic mass is 10.1. The molecular weight excluding hydrogens is 411 g/mol. The molecule has 0 radical (unpaired) electrons. The first kappa shape index (κ1) is 20.5. The standard InChI is InChI=1S/C24H25FN4O3/c1-28-20-5-3-15(11-16(20)12-26-28)13-29-14-18(24(30)27-17-7-9-32-10-8-17)22-19(25)4-6-21(31-2)23(22)29/h3-6,11-12,14,17H,7-10,13H2,1-2H3,(H,27,30). The highest BCUT2D eigenvalue weighted by Gasteiger charge is 2.24. The molecule has 1 aliphatic heterocycles. The van der Waals surface area contributed by atoms with Gasteiger partial charge >= 0.3 is 0 Å². The largest absolute Gasteiger partial charge is 0.495 e. The smallest absolute Gasteiger partial charge is 0.253 e. The van der Waals surface area contributed by atoms with Crippen molar-refractivity contribution in [3.63, 3.8) is 0 Å². The summed E-state index contributed by atoms with van der Waals surface area (Å²) in [7, 11) is 3.45. The van der Waals surface area contributed by atoms with Crippen molar-refractivity contribution in [1.29, 1.82) is 0 Å². The zero-order valence-corrected chi connectivity index (χ0v) is 18.1.